The van der Waals surface area contributed by atoms with Gasteiger partial charge in [0.05, 0.1) is 24.9 Å². The lowest BCUT2D eigenvalue weighted by molar-refractivity contribution is -0.00305. The molecule has 0 radical (unpaired) electrons. The lowest BCUT2D eigenvalue weighted by Gasteiger charge is -2.36. The average molecular weight is 321 g/mol. The Bertz CT molecular complexity index is 705. The zero-order valence-electron chi connectivity index (χ0n) is 12.9. The van der Waals surface area contributed by atoms with E-state index in [0.717, 1.165) is 35.2 Å². The lowest BCUT2D eigenvalue weighted by atomic mass is 10.0. The maximum absolute atomic E-state index is 13.4. The molecule has 2 heterocycles. The van der Waals surface area contributed by atoms with Gasteiger partial charge in [-0.1, -0.05) is 0 Å². The van der Waals surface area contributed by atoms with E-state index in [9.17, 15) is 13.6 Å². The van der Waals surface area contributed by atoms with Crippen LogP contribution in [0.2, 0.25) is 0 Å². The molecular weight excluding hydrogens is 304 g/mol. The van der Waals surface area contributed by atoms with Crippen molar-refractivity contribution in [3.8, 4) is 0 Å². The topological polar surface area (TPSA) is 58.2 Å². The summed E-state index contributed by atoms with van der Waals surface area (Å²) in [5.74, 6) is -1.96. The summed E-state index contributed by atoms with van der Waals surface area (Å²) in [5.41, 5.74) is 2.51. The highest BCUT2D eigenvalue weighted by Gasteiger charge is 2.32. The van der Waals surface area contributed by atoms with Gasteiger partial charge >= 0.3 is 0 Å². The number of aromatic amines is 1. The number of H-pyrrole nitrogens is 1. The van der Waals surface area contributed by atoms with E-state index in [1.807, 2.05) is 13.8 Å². The van der Waals surface area contributed by atoms with Crippen molar-refractivity contribution >= 4 is 5.91 Å². The summed E-state index contributed by atoms with van der Waals surface area (Å²) in [5, 5.41) is 7.04. The molecular formula is C16H17F2N3O2. The van der Waals surface area contributed by atoms with Gasteiger partial charge < -0.3 is 9.64 Å². The number of carbonyl (C=O) groups excluding carboxylic acids is 1. The van der Waals surface area contributed by atoms with Gasteiger partial charge in [-0.3, -0.25) is 9.89 Å². The van der Waals surface area contributed by atoms with Crippen LogP contribution < -0.4 is 0 Å². The van der Waals surface area contributed by atoms with Gasteiger partial charge in [0.1, 0.15) is 11.6 Å². The molecule has 5 nitrogen and oxygen atoms in total. The first-order chi connectivity index (χ1) is 11.0. The Labute approximate surface area is 132 Å². The summed E-state index contributed by atoms with van der Waals surface area (Å²) in [4.78, 5) is 14.3. The molecule has 122 valence electrons. The van der Waals surface area contributed by atoms with E-state index >= 15 is 0 Å². The average Bonchev–Trinajstić information content (AvgIpc) is 2.84. The fourth-order valence-electron chi connectivity index (χ4n) is 2.98. The number of amides is 1. The molecule has 2 aromatic rings. The first kappa shape index (κ1) is 15.6. The highest BCUT2D eigenvalue weighted by molar-refractivity contribution is 5.94. The van der Waals surface area contributed by atoms with E-state index in [1.165, 1.54) is 0 Å². The van der Waals surface area contributed by atoms with Crippen LogP contribution in [-0.4, -0.2) is 40.8 Å². The molecule has 1 amide bonds. The fraction of sp³-hybridized carbons (Fsp3) is 0.375. The van der Waals surface area contributed by atoms with Gasteiger partial charge in [-0.05, 0) is 26.0 Å². The molecule has 1 saturated heterocycles. The minimum atomic E-state index is -0.770. The molecule has 1 aromatic heterocycles. The quantitative estimate of drug-likeness (QED) is 0.925. The number of ether oxygens (including phenoxy) is 1. The number of hydrogen-bond acceptors (Lipinski definition) is 3. The molecule has 1 aliphatic rings. The summed E-state index contributed by atoms with van der Waals surface area (Å²) in [6.45, 7) is 4.78. The van der Waals surface area contributed by atoms with Crippen LogP contribution in [0.4, 0.5) is 8.78 Å². The molecule has 7 heteroatoms. The standard InChI is InChI=1S/C16H17F2N3O2/c1-9-15(10(2)20-19-9)14-8-23-4-3-21(14)16(22)11-5-12(17)7-13(18)6-11/h5-7,14H,3-4,8H2,1-2H3,(H,19,20)/t14-/m0/s1. The SMILES string of the molecule is Cc1n[nH]c(C)c1[C@@H]1COCCN1C(=O)c1cc(F)cc(F)c1. The first-order valence-corrected chi connectivity index (χ1v) is 7.33. The van der Waals surface area contributed by atoms with Crippen LogP contribution in [0.15, 0.2) is 18.2 Å². The summed E-state index contributed by atoms with van der Waals surface area (Å²) >= 11 is 0. The minimum Gasteiger partial charge on any atom is -0.377 e. The Morgan fingerprint density at radius 2 is 2.00 bits per heavy atom. The number of aryl methyl sites for hydroxylation is 2. The van der Waals surface area contributed by atoms with Gasteiger partial charge in [0.25, 0.3) is 5.91 Å². The van der Waals surface area contributed by atoms with Crippen LogP contribution in [0.1, 0.15) is 33.4 Å². The first-order valence-electron chi connectivity index (χ1n) is 7.33. The number of carbonyl (C=O) groups is 1. The summed E-state index contributed by atoms with van der Waals surface area (Å²) < 4.78 is 32.3. The number of hydrogen-bond donors (Lipinski definition) is 1. The number of nitrogens with one attached hydrogen (secondary N) is 1. The lowest BCUT2D eigenvalue weighted by Crippen LogP contribution is -2.43. The minimum absolute atomic E-state index is 0.00630. The van der Waals surface area contributed by atoms with Gasteiger partial charge in [0.15, 0.2) is 0 Å². The van der Waals surface area contributed by atoms with Crippen LogP contribution in [0, 0.1) is 25.5 Å². The smallest absolute Gasteiger partial charge is 0.254 e. The molecule has 3 rings (SSSR count). The number of benzene rings is 1. The predicted octanol–water partition coefficient (Wildman–Crippen LogP) is 2.52. The predicted molar refractivity (Wildman–Crippen MR) is 79.0 cm³/mol. The van der Waals surface area contributed by atoms with Crippen molar-refractivity contribution in [1.29, 1.82) is 0 Å². The molecule has 1 aromatic carbocycles. The summed E-state index contributed by atoms with van der Waals surface area (Å²) in [6.07, 6.45) is 0. The number of nitrogens with zero attached hydrogens (tertiary/aromatic N) is 2. The van der Waals surface area contributed by atoms with E-state index in [2.05, 4.69) is 10.2 Å². The largest absolute Gasteiger partial charge is 0.377 e. The van der Waals surface area contributed by atoms with E-state index < -0.39 is 17.5 Å². The van der Waals surface area contributed by atoms with Crippen molar-refractivity contribution in [3.05, 3.63) is 52.3 Å². The highest BCUT2D eigenvalue weighted by Crippen LogP contribution is 2.29. The second-order valence-electron chi connectivity index (χ2n) is 5.60. The molecule has 0 saturated carbocycles. The van der Waals surface area contributed by atoms with E-state index in [-0.39, 0.29) is 11.6 Å². The molecule has 0 spiro atoms. The number of rotatable bonds is 2. The third-order valence-corrected chi connectivity index (χ3v) is 4.02. The highest BCUT2D eigenvalue weighted by atomic mass is 19.1. The van der Waals surface area contributed by atoms with Gasteiger partial charge in [-0.25, -0.2) is 8.78 Å². The van der Waals surface area contributed by atoms with Crippen molar-refractivity contribution in [2.45, 2.75) is 19.9 Å². The van der Waals surface area contributed by atoms with Crippen LogP contribution in [0.5, 0.6) is 0 Å². The van der Waals surface area contributed by atoms with Crippen molar-refractivity contribution in [3.63, 3.8) is 0 Å². The Balaban J connectivity index is 1.97. The van der Waals surface area contributed by atoms with Gasteiger partial charge in [0.2, 0.25) is 0 Å². The second kappa shape index (κ2) is 6.08. The van der Waals surface area contributed by atoms with Crippen molar-refractivity contribution in [2.24, 2.45) is 0 Å². The molecule has 0 unspecified atom stereocenters. The number of aromatic nitrogens is 2. The van der Waals surface area contributed by atoms with Gasteiger partial charge in [-0.2, -0.15) is 5.10 Å². The number of morpholine rings is 1. The van der Waals surface area contributed by atoms with Crippen molar-refractivity contribution < 1.29 is 18.3 Å². The van der Waals surface area contributed by atoms with Gasteiger partial charge in [0, 0.05) is 29.4 Å². The van der Waals surface area contributed by atoms with Crippen LogP contribution >= 0.6 is 0 Å². The summed E-state index contributed by atoms with van der Waals surface area (Å²) in [6, 6.07) is 2.51. The Morgan fingerprint density at radius 3 is 2.61 bits per heavy atom. The van der Waals surface area contributed by atoms with Crippen LogP contribution in [-0.2, 0) is 4.74 Å². The zero-order chi connectivity index (χ0) is 16.6. The van der Waals surface area contributed by atoms with E-state index in [0.29, 0.717) is 19.8 Å². The Kier molecular flexibility index (Phi) is 4.12. The monoisotopic (exact) mass is 321 g/mol. The molecule has 23 heavy (non-hydrogen) atoms. The molecule has 1 atom stereocenters. The molecule has 1 aliphatic heterocycles. The normalized spacial score (nSPS) is 18.3. The van der Waals surface area contributed by atoms with Crippen LogP contribution in [0.25, 0.3) is 0 Å². The molecule has 1 fully saturated rings. The summed E-state index contributed by atoms with van der Waals surface area (Å²) in [7, 11) is 0. The third kappa shape index (κ3) is 2.96. The van der Waals surface area contributed by atoms with Gasteiger partial charge in [-0.15, -0.1) is 0 Å². The molecule has 1 N–H and O–H groups in total. The fourth-order valence-corrected chi connectivity index (χ4v) is 2.98. The Hall–Kier alpha value is -2.28. The van der Waals surface area contributed by atoms with E-state index in [4.69, 9.17) is 4.74 Å². The maximum atomic E-state index is 13.4. The van der Waals surface area contributed by atoms with Crippen molar-refractivity contribution in [1.82, 2.24) is 15.1 Å². The molecule has 0 aliphatic carbocycles. The maximum Gasteiger partial charge on any atom is 0.254 e. The second-order valence-corrected chi connectivity index (χ2v) is 5.60. The van der Waals surface area contributed by atoms with Crippen molar-refractivity contribution in [2.75, 3.05) is 19.8 Å². The molecule has 0 bridgehead atoms. The van der Waals surface area contributed by atoms with E-state index in [1.54, 1.807) is 4.90 Å². The Morgan fingerprint density at radius 1 is 1.30 bits per heavy atom. The third-order valence-electron chi connectivity index (χ3n) is 4.02. The zero-order valence-corrected chi connectivity index (χ0v) is 12.9. The van der Waals surface area contributed by atoms with Crippen LogP contribution in [0.3, 0.4) is 0 Å². The number of halogens is 2.